The van der Waals surface area contributed by atoms with Gasteiger partial charge in [-0.1, -0.05) is 13.0 Å². The average Bonchev–Trinajstić information content (AvgIpc) is 2.34. The maximum absolute atomic E-state index is 10.6. The van der Waals surface area contributed by atoms with Gasteiger partial charge in [0.05, 0.1) is 6.10 Å². The minimum Gasteiger partial charge on any atom is -0.491 e. The number of rotatable bonds is 4. The van der Waals surface area contributed by atoms with Crippen molar-refractivity contribution in [2.75, 3.05) is 0 Å². The van der Waals surface area contributed by atoms with Gasteiger partial charge in [-0.3, -0.25) is 4.79 Å². The van der Waals surface area contributed by atoms with Crippen LogP contribution in [0.15, 0.2) is 24.0 Å². The van der Waals surface area contributed by atoms with Crippen LogP contribution in [0, 0.1) is 11.8 Å². The number of aliphatic carboxylic acids is 1. The number of carboxylic acids is 1. The number of carbonyl (C=O) groups is 1. The van der Waals surface area contributed by atoms with Crippen molar-refractivity contribution in [2.24, 2.45) is 11.8 Å². The summed E-state index contributed by atoms with van der Waals surface area (Å²) >= 11 is 0. The molecule has 0 spiro atoms. The Kier molecular flexibility index (Phi) is 4.45. The van der Waals surface area contributed by atoms with Crippen LogP contribution in [0.4, 0.5) is 0 Å². The van der Waals surface area contributed by atoms with E-state index < -0.39 is 5.97 Å². The summed E-state index contributed by atoms with van der Waals surface area (Å²) in [5, 5.41) is 8.77. The molecule has 0 aromatic rings. The van der Waals surface area contributed by atoms with E-state index in [1.54, 1.807) is 0 Å². The zero-order valence-corrected chi connectivity index (χ0v) is 11.0. The third-order valence-corrected chi connectivity index (χ3v) is 3.84. The predicted molar refractivity (Wildman–Crippen MR) is 70.1 cm³/mol. The maximum Gasteiger partial charge on any atom is 0.303 e. The standard InChI is InChI=1S/C15H22O3/c1-11-2-6-13(7-3-11)18-14-8-4-12(5-9-14)10-15(16)17/h2,6-7,11-12,14H,3-5,8-10H2,1H3,(H,16,17). The molecule has 1 saturated carbocycles. The molecule has 3 nitrogen and oxygen atoms in total. The van der Waals surface area contributed by atoms with Gasteiger partial charge in [-0.05, 0) is 56.1 Å². The van der Waals surface area contributed by atoms with Gasteiger partial charge >= 0.3 is 5.97 Å². The molecule has 2 aliphatic carbocycles. The fraction of sp³-hybridized carbons (Fsp3) is 0.667. The fourth-order valence-corrected chi connectivity index (χ4v) is 2.69. The van der Waals surface area contributed by atoms with Crippen molar-refractivity contribution in [2.45, 2.75) is 51.6 Å². The molecule has 0 bridgehead atoms. The minimum atomic E-state index is -0.675. The smallest absolute Gasteiger partial charge is 0.303 e. The van der Waals surface area contributed by atoms with E-state index in [9.17, 15) is 4.79 Å². The molecule has 1 fully saturated rings. The lowest BCUT2D eigenvalue weighted by molar-refractivity contribution is -0.138. The van der Waals surface area contributed by atoms with Crippen LogP contribution in [0.2, 0.25) is 0 Å². The van der Waals surface area contributed by atoms with Crippen molar-refractivity contribution in [3.05, 3.63) is 24.0 Å². The van der Waals surface area contributed by atoms with Crippen molar-refractivity contribution in [1.82, 2.24) is 0 Å². The zero-order valence-electron chi connectivity index (χ0n) is 11.0. The van der Waals surface area contributed by atoms with Crippen LogP contribution in [-0.4, -0.2) is 17.2 Å². The highest BCUT2D eigenvalue weighted by atomic mass is 16.5. The monoisotopic (exact) mass is 250 g/mol. The molecule has 0 aromatic carbocycles. The molecule has 0 radical (unpaired) electrons. The Morgan fingerprint density at radius 2 is 2.11 bits per heavy atom. The Morgan fingerprint density at radius 3 is 2.67 bits per heavy atom. The highest BCUT2D eigenvalue weighted by Crippen LogP contribution is 2.30. The molecule has 0 aromatic heterocycles. The van der Waals surface area contributed by atoms with Crippen molar-refractivity contribution in [3.8, 4) is 0 Å². The Hall–Kier alpha value is -1.25. The number of ether oxygens (including phenoxy) is 1. The summed E-state index contributed by atoms with van der Waals surface area (Å²) in [5.41, 5.74) is 0. The third kappa shape index (κ3) is 3.90. The van der Waals surface area contributed by atoms with E-state index in [1.807, 2.05) is 0 Å². The van der Waals surface area contributed by atoms with Gasteiger partial charge < -0.3 is 9.84 Å². The van der Waals surface area contributed by atoms with Crippen molar-refractivity contribution >= 4 is 5.97 Å². The average molecular weight is 250 g/mol. The molecule has 100 valence electrons. The van der Waals surface area contributed by atoms with E-state index in [4.69, 9.17) is 9.84 Å². The molecule has 2 aliphatic rings. The van der Waals surface area contributed by atoms with Gasteiger partial charge in [0.1, 0.15) is 5.76 Å². The van der Waals surface area contributed by atoms with E-state index in [0.29, 0.717) is 18.3 Å². The number of allylic oxidation sites excluding steroid dienone is 3. The van der Waals surface area contributed by atoms with Crippen LogP contribution < -0.4 is 0 Å². The second-order valence-electron chi connectivity index (χ2n) is 5.54. The molecule has 2 rings (SSSR count). The summed E-state index contributed by atoms with van der Waals surface area (Å²) in [6.45, 7) is 2.20. The molecular formula is C15H22O3. The van der Waals surface area contributed by atoms with Gasteiger partial charge in [-0.2, -0.15) is 0 Å². The van der Waals surface area contributed by atoms with Crippen LogP contribution in [-0.2, 0) is 9.53 Å². The highest BCUT2D eigenvalue weighted by molar-refractivity contribution is 5.67. The van der Waals surface area contributed by atoms with Crippen molar-refractivity contribution in [1.29, 1.82) is 0 Å². The van der Waals surface area contributed by atoms with E-state index in [1.165, 1.54) is 0 Å². The van der Waals surface area contributed by atoms with Gasteiger partial charge in [0.25, 0.3) is 0 Å². The fourth-order valence-electron chi connectivity index (χ4n) is 2.69. The number of carboxylic acid groups (broad SMARTS) is 1. The molecule has 0 heterocycles. The first-order chi connectivity index (χ1) is 8.63. The molecule has 0 amide bonds. The molecule has 0 aliphatic heterocycles. The lowest BCUT2D eigenvalue weighted by Crippen LogP contribution is -2.23. The quantitative estimate of drug-likeness (QED) is 0.830. The molecule has 1 unspecified atom stereocenters. The number of hydrogen-bond donors (Lipinski definition) is 1. The first kappa shape index (κ1) is 13.2. The molecule has 0 saturated heterocycles. The van der Waals surface area contributed by atoms with Gasteiger partial charge in [0.15, 0.2) is 0 Å². The van der Waals surface area contributed by atoms with E-state index in [0.717, 1.165) is 37.9 Å². The maximum atomic E-state index is 10.6. The summed E-state index contributed by atoms with van der Waals surface area (Å²) in [6, 6.07) is 0. The van der Waals surface area contributed by atoms with Gasteiger partial charge in [-0.25, -0.2) is 0 Å². The normalized spacial score (nSPS) is 31.8. The van der Waals surface area contributed by atoms with E-state index in [2.05, 4.69) is 25.2 Å². The summed E-state index contributed by atoms with van der Waals surface area (Å²) in [7, 11) is 0. The van der Waals surface area contributed by atoms with Gasteiger partial charge in [0, 0.05) is 6.42 Å². The Balaban J connectivity index is 1.74. The second kappa shape index (κ2) is 6.07. The van der Waals surface area contributed by atoms with Crippen LogP contribution in [0.3, 0.4) is 0 Å². The van der Waals surface area contributed by atoms with Gasteiger partial charge in [0.2, 0.25) is 0 Å². The SMILES string of the molecule is CC1C=CC(OC2CCC(CC(=O)O)CC2)=CC1. The zero-order chi connectivity index (χ0) is 13.0. The van der Waals surface area contributed by atoms with E-state index >= 15 is 0 Å². The second-order valence-corrected chi connectivity index (χ2v) is 5.54. The Morgan fingerprint density at radius 1 is 1.39 bits per heavy atom. The predicted octanol–water partition coefficient (Wildman–Crippen LogP) is 3.52. The van der Waals surface area contributed by atoms with E-state index in [-0.39, 0.29) is 6.10 Å². The van der Waals surface area contributed by atoms with Gasteiger partial charge in [-0.15, -0.1) is 0 Å². The summed E-state index contributed by atoms with van der Waals surface area (Å²) in [6.07, 6.45) is 12.0. The van der Waals surface area contributed by atoms with Crippen LogP contribution in [0.25, 0.3) is 0 Å². The lowest BCUT2D eigenvalue weighted by Gasteiger charge is -2.29. The van der Waals surface area contributed by atoms with Crippen LogP contribution in [0.1, 0.15) is 45.4 Å². The molecule has 3 heteroatoms. The summed E-state index contributed by atoms with van der Waals surface area (Å²) < 4.78 is 5.96. The molecule has 1 atom stereocenters. The molecule has 18 heavy (non-hydrogen) atoms. The van der Waals surface area contributed by atoms with Crippen molar-refractivity contribution in [3.63, 3.8) is 0 Å². The third-order valence-electron chi connectivity index (χ3n) is 3.84. The topological polar surface area (TPSA) is 46.5 Å². The first-order valence-electron chi connectivity index (χ1n) is 6.90. The Labute approximate surface area is 109 Å². The van der Waals surface area contributed by atoms with Crippen molar-refractivity contribution < 1.29 is 14.6 Å². The molecule has 1 N–H and O–H groups in total. The summed E-state index contributed by atoms with van der Waals surface area (Å²) in [5.74, 6) is 1.28. The highest BCUT2D eigenvalue weighted by Gasteiger charge is 2.24. The van der Waals surface area contributed by atoms with Crippen LogP contribution in [0.5, 0.6) is 0 Å². The minimum absolute atomic E-state index is 0.277. The largest absolute Gasteiger partial charge is 0.491 e. The Bertz CT molecular complexity index is 349. The number of hydrogen-bond acceptors (Lipinski definition) is 2. The molecular weight excluding hydrogens is 228 g/mol. The summed E-state index contributed by atoms with van der Waals surface area (Å²) in [4.78, 5) is 10.6. The first-order valence-corrected chi connectivity index (χ1v) is 6.90. The van der Waals surface area contributed by atoms with Crippen LogP contribution >= 0.6 is 0 Å². The lowest BCUT2D eigenvalue weighted by atomic mass is 9.85.